The Kier molecular flexibility index (Phi) is 6.44. The van der Waals surface area contributed by atoms with Gasteiger partial charge in [-0.2, -0.15) is 0 Å². The molecule has 0 aromatic heterocycles. The summed E-state index contributed by atoms with van der Waals surface area (Å²) in [5.41, 5.74) is -3.16. The number of nitrogens with one attached hydrogen (secondary N) is 1. The summed E-state index contributed by atoms with van der Waals surface area (Å²) in [6.45, 7) is 2.96. The highest BCUT2D eigenvalue weighted by molar-refractivity contribution is 6.35. The second-order valence-corrected chi connectivity index (χ2v) is 8.47. The summed E-state index contributed by atoms with van der Waals surface area (Å²) < 4.78 is 4.92. The molecule has 0 spiro atoms. The van der Waals surface area contributed by atoms with Gasteiger partial charge in [0, 0.05) is 16.8 Å². The Labute approximate surface area is 194 Å². The van der Waals surface area contributed by atoms with Crippen LogP contribution in [0.4, 0.5) is 5.69 Å². The summed E-state index contributed by atoms with van der Waals surface area (Å²) >= 11 is 12.1. The van der Waals surface area contributed by atoms with E-state index in [0.29, 0.717) is 11.3 Å². The van der Waals surface area contributed by atoms with Gasteiger partial charge in [0.1, 0.15) is 11.8 Å². The molecular weight excluding hydrogens is 455 g/mol. The normalized spacial score (nSPS) is 18.2. The number of methoxy groups -OCH3 is 1. The van der Waals surface area contributed by atoms with Gasteiger partial charge in [-0.25, -0.2) is 0 Å². The molecule has 2 amide bonds. The van der Waals surface area contributed by atoms with Crippen LogP contribution >= 0.6 is 23.2 Å². The van der Waals surface area contributed by atoms with Gasteiger partial charge in [0.25, 0.3) is 5.91 Å². The lowest BCUT2D eigenvalue weighted by molar-refractivity contribution is -0.155. The molecule has 7 nitrogen and oxygen atoms in total. The standard InChI is InChI=1S/C23H20Cl2N2O5/c1-22(2,19(29)26-18-11-16(24)9-10-17(18)25)27-12-15(13-28)23(20(27)30,21(31)32-3)14-7-5-4-6-8-14/h4-13H,1-3H3,(H,26,29). The third kappa shape index (κ3) is 3.67. The number of aldehydes is 1. The van der Waals surface area contributed by atoms with Crippen LogP contribution in [0.25, 0.3) is 0 Å². The first-order valence-electron chi connectivity index (χ1n) is 9.52. The monoisotopic (exact) mass is 474 g/mol. The second kappa shape index (κ2) is 8.76. The fraction of sp³-hybridized carbons (Fsp3) is 0.217. The van der Waals surface area contributed by atoms with Gasteiger partial charge >= 0.3 is 5.97 Å². The molecule has 0 fully saturated rings. The number of carbonyl (C=O) groups excluding carboxylic acids is 4. The molecule has 2 aromatic carbocycles. The number of rotatable bonds is 6. The number of esters is 1. The fourth-order valence-corrected chi connectivity index (χ4v) is 3.90. The summed E-state index contributed by atoms with van der Waals surface area (Å²) in [6.07, 6.45) is 1.63. The highest BCUT2D eigenvalue weighted by Gasteiger charge is 2.60. The fourth-order valence-electron chi connectivity index (χ4n) is 3.57. The molecule has 1 aliphatic rings. The number of benzene rings is 2. The van der Waals surface area contributed by atoms with Crippen LogP contribution in [0.3, 0.4) is 0 Å². The number of ether oxygens (including phenoxy) is 1. The number of halogens is 2. The van der Waals surface area contributed by atoms with Gasteiger partial charge in [-0.05, 0) is 37.6 Å². The van der Waals surface area contributed by atoms with Crippen molar-refractivity contribution in [2.75, 3.05) is 12.4 Å². The third-order valence-corrected chi connectivity index (χ3v) is 5.97. The number of hydrogen-bond donors (Lipinski definition) is 1. The zero-order valence-corrected chi connectivity index (χ0v) is 19.0. The highest BCUT2D eigenvalue weighted by Crippen LogP contribution is 2.42. The average molecular weight is 475 g/mol. The zero-order valence-electron chi connectivity index (χ0n) is 17.5. The lowest BCUT2D eigenvalue weighted by Gasteiger charge is -2.35. The molecule has 32 heavy (non-hydrogen) atoms. The van der Waals surface area contributed by atoms with Crippen LogP contribution in [0.1, 0.15) is 19.4 Å². The number of amides is 2. The van der Waals surface area contributed by atoms with Crippen molar-refractivity contribution in [3.05, 3.63) is 75.9 Å². The van der Waals surface area contributed by atoms with Crippen molar-refractivity contribution >= 4 is 53.0 Å². The smallest absolute Gasteiger partial charge is 0.330 e. The summed E-state index contributed by atoms with van der Waals surface area (Å²) in [7, 11) is 1.13. The maximum atomic E-state index is 13.7. The van der Waals surface area contributed by atoms with E-state index in [0.717, 1.165) is 12.0 Å². The van der Waals surface area contributed by atoms with Crippen molar-refractivity contribution in [1.29, 1.82) is 0 Å². The number of nitrogens with zero attached hydrogens (tertiary/aromatic N) is 1. The van der Waals surface area contributed by atoms with Gasteiger partial charge in [0.15, 0.2) is 0 Å². The molecule has 0 bridgehead atoms. The lowest BCUT2D eigenvalue weighted by atomic mass is 9.75. The molecular formula is C23H20Cl2N2O5. The van der Waals surface area contributed by atoms with E-state index in [1.165, 1.54) is 32.2 Å². The van der Waals surface area contributed by atoms with Gasteiger partial charge < -0.3 is 15.0 Å². The highest BCUT2D eigenvalue weighted by atomic mass is 35.5. The van der Waals surface area contributed by atoms with Gasteiger partial charge in [-0.15, -0.1) is 0 Å². The van der Waals surface area contributed by atoms with E-state index in [4.69, 9.17) is 27.9 Å². The van der Waals surface area contributed by atoms with Crippen LogP contribution < -0.4 is 5.32 Å². The molecule has 1 unspecified atom stereocenters. The molecule has 0 aliphatic carbocycles. The molecule has 1 N–H and O–H groups in total. The SMILES string of the molecule is COC(=O)C1(c2ccccc2)C(=O)N(C(C)(C)C(=O)Nc2cc(Cl)ccc2Cl)C=C1C=O. The Morgan fingerprint density at radius 1 is 1.12 bits per heavy atom. The molecule has 3 rings (SSSR count). The summed E-state index contributed by atoms with van der Waals surface area (Å²) in [5.74, 6) is -2.32. The van der Waals surface area contributed by atoms with E-state index in [1.807, 2.05) is 0 Å². The molecule has 0 saturated carbocycles. The topological polar surface area (TPSA) is 92.8 Å². The van der Waals surface area contributed by atoms with E-state index in [-0.39, 0.29) is 21.8 Å². The summed E-state index contributed by atoms with van der Waals surface area (Å²) in [5, 5.41) is 3.26. The minimum atomic E-state index is -2.02. The van der Waals surface area contributed by atoms with Crippen LogP contribution in [0, 0.1) is 0 Å². The van der Waals surface area contributed by atoms with Crippen LogP contribution in [0.15, 0.2) is 60.3 Å². The van der Waals surface area contributed by atoms with Crippen LogP contribution in [0.5, 0.6) is 0 Å². The van der Waals surface area contributed by atoms with Crippen molar-refractivity contribution in [3.63, 3.8) is 0 Å². The van der Waals surface area contributed by atoms with Gasteiger partial charge in [-0.3, -0.25) is 19.2 Å². The van der Waals surface area contributed by atoms with E-state index >= 15 is 0 Å². The Morgan fingerprint density at radius 3 is 2.38 bits per heavy atom. The largest absolute Gasteiger partial charge is 0.468 e. The Hall–Kier alpha value is -3.16. The maximum Gasteiger partial charge on any atom is 0.330 e. The predicted octanol–water partition coefficient (Wildman–Crippen LogP) is 3.75. The first-order chi connectivity index (χ1) is 15.1. The molecule has 1 aliphatic heterocycles. The van der Waals surface area contributed by atoms with Crippen LogP contribution in [-0.2, 0) is 29.3 Å². The molecule has 2 aromatic rings. The number of carbonyl (C=O) groups is 4. The van der Waals surface area contributed by atoms with E-state index in [2.05, 4.69) is 5.32 Å². The van der Waals surface area contributed by atoms with Crippen molar-refractivity contribution in [2.45, 2.75) is 24.8 Å². The predicted molar refractivity (Wildman–Crippen MR) is 120 cm³/mol. The van der Waals surface area contributed by atoms with E-state index in [1.54, 1.807) is 36.4 Å². The van der Waals surface area contributed by atoms with Crippen molar-refractivity contribution in [3.8, 4) is 0 Å². The lowest BCUT2D eigenvalue weighted by Crippen LogP contribution is -2.56. The zero-order chi connectivity index (χ0) is 23.7. The quantitative estimate of drug-likeness (QED) is 0.391. The third-order valence-electron chi connectivity index (χ3n) is 5.40. The van der Waals surface area contributed by atoms with Gasteiger partial charge in [-0.1, -0.05) is 53.5 Å². The summed E-state index contributed by atoms with van der Waals surface area (Å²) in [4.78, 5) is 52.9. The van der Waals surface area contributed by atoms with Gasteiger partial charge in [0.2, 0.25) is 11.3 Å². The summed E-state index contributed by atoms with van der Waals surface area (Å²) in [6, 6.07) is 12.6. The molecule has 1 atom stereocenters. The second-order valence-electron chi connectivity index (χ2n) is 7.62. The number of hydrogen-bond acceptors (Lipinski definition) is 5. The Bertz CT molecular complexity index is 1130. The van der Waals surface area contributed by atoms with Crippen molar-refractivity contribution < 1.29 is 23.9 Å². The van der Waals surface area contributed by atoms with E-state index in [9.17, 15) is 19.2 Å². The Balaban J connectivity index is 2.06. The first kappa shape index (κ1) is 23.5. The van der Waals surface area contributed by atoms with Crippen LogP contribution in [-0.4, -0.2) is 41.6 Å². The molecule has 0 radical (unpaired) electrons. The molecule has 166 valence electrons. The molecule has 0 saturated heterocycles. The Morgan fingerprint density at radius 2 is 1.78 bits per heavy atom. The van der Waals surface area contributed by atoms with Crippen molar-refractivity contribution in [2.24, 2.45) is 0 Å². The maximum absolute atomic E-state index is 13.7. The van der Waals surface area contributed by atoms with E-state index < -0.39 is 28.7 Å². The van der Waals surface area contributed by atoms with Crippen LogP contribution in [0.2, 0.25) is 10.0 Å². The molecule has 9 heteroatoms. The first-order valence-corrected chi connectivity index (χ1v) is 10.3. The minimum Gasteiger partial charge on any atom is -0.468 e. The number of anilines is 1. The minimum absolute atomic E-state index is 0.137. The molecule has 1 heterocycles. The van der Waals surface area contributed by atoms with Crippen molar-refractivity contribution in [1.82, 2.24) is 4.90 Å². The average Bonchev–Trinajstić information content (AvgIpc) is 3.09. The van der Waals surface area contributed by atoms with Gasteiger partial charge in [0.05, 0.1) is 17.8 Å².